The van der Waals surface area contributed by atoms with Gasteiger partial charge in [-0.05, 0) is 64.1 Å². The molecule has 1 saturated heterocycles. The van der Waals surface area contributed by atoms with Crippen molar-refractivity contribution in [3.63, 3.8) is 0 Å². The first-order valence-corrected chi connectivity index (χ1v) is 7.34. The van der Waals surface area contributed by atoms with Gasteiger partial charge in [0.1, 0.15) is 0 Å². The van der Waals surface area contributed by atoms with Gasteiger partial charge in [0.15, 0.2) is 0 Å². The van der Waals surface area contributed by atoms with Crippen LogP contribution in [0.4, 0.5) is 0 Å². The molecule has 0 bridgehead atoms. The maximum Gasteiger partial charge on any atom is 0.0190 e. The van der Waals surface area contributed by atoms with E-state index < -0.39 is 0 Å². The van der Waals surface area contributed by atoms with E-state index in [0.29, 0.717) is 0 Å². The van der Waals surface area contributed by atoms with Gasteiger partial charge >= 0.3 is 0 Å². The highest BCUT2D eigenvalue weighted by Crippen LogP contribution is 2.23. The molecule has 1 N–H and O–H groups in total. The van der Waals surface area contributed by atoms with Crippen LogP contribution in [0.3, 0.4) is 0 Å². The summed E-state index contributed by atoms with van der Waals surface area (Å²) in [6, 6.07) is 0. The van der Waals surface area contributed by atoms with Crippen molar-refractivity contribution >= 4 is 0 Å². The smallest absolute Gasteiger partial charge is 0.0190 e. The molecule has 0 aliphatic carbocycles. The van der Waals surface area contributed by atoms with Gasteiger partial charge in [0.05, 0.1) is 0 Å². The fraction of sp³-hybridized carbons (Fsp3) is 0.867. The molecule has 1 fully saturated rings. The Morgan fingerprint density at radius 1 is 1.53 bits per heavy atom. The van der Waals surface area contributed by atoms with Gasteiger partial charge in [-0.15, -0.1) is 0 Å². The van der Waals surface area contributed by atoms with Crippen LogP contribution >= 0.6 is 0 Å². The molecule has 2 heterocycles. The molecule has 2 nitrogen and oxygen atoms in total. The highest BCUT2D eigenvalue weighted by molar-refractivity contribution is 5.04. The highest BCUT2D eigenvalue weighted by Gasteiger charge is 2.20. The third kappa shape index (κ3) is 4.11. The second-order valence-electron chi connectivity index (χ2n) is 5.99. The zero-order valence-corrected chi connectivity index (χ0v) is 11.5. The summed E-state index contributed by atoms with van der Waals surface area (Å²) >= 11 is 0. The second kappa shape index (κ2) is 6.55. The molecular formula is C15H28N2. The number of nitrogens with zero attached hydrogens (tertiary/aromatic N) is 1. The van der Waals surface area contributed by atoms with Gasteiger partial charge in [0, 0.05) is 13.1 Å². The van der Waals surface area contributed by atoms with Crippen molar-refractivity contribution in [1.82, 2.24) is 10.2 Å². The lowest BCUT2D eigenvalue weighted by Gasteiger charge is -2.31. The summed E-state index contributed by atoms with van der Waals surface area (Å²) in [5.74, 6) is 1.80. The Hall–Kier alpha value is -0.340. The third-order valence-corrected chi connectivity index (χ3v) is 4.45. The van der Waals surface area contributed by atoms with Crippen molar-refractivity contribution in [2.45, 2.75) is 39.5 Å². The molecule has 2 rings (SSSR count). The van der Waals surface area contributed by atoms with Crippen molar-refractivity contribution in [3.05, 3.63) is 11.6 Å². The summed E-state index contributed by atoms with van der Waals surface area (Å²) in [7, 11) is 0. The van der Waals surface area contributed by atoms with E-state index in [1.165, 1.54) is 58.4 Å². The molecule has 0 aromatic rings. The number of rotatable bonds is 4. The van der Waals surface area contributed by atoms with E-state index in [1.807, 2.05) is 0 Å². The Kier molecular flexibility index (Phi) is 5.05. The zero-order chi connectivity index (χ0) is 12.1. The molecule has 0 spiro atoms. The highest BCUT2D eigenvalue weighted by atomic mass is 15.1. The van der Waals surface area contributed by atoms with Crippen LogP contribution in [0.25, 0.3) is 0 Å². The van der Waals surface area contributed by atoms with Gasteiger partial charge in [-0.25, -0.2) is 0 Å². The molecule has 2 aliphatic rings. The van der Waals surface area contributed by atoms with Crippen LogP contribution in [0.1, 0.15) is 39.5 Å². The van der Waals surface area contributed by atoms with Crippen molar-refractivity contribution in [1.29, 1.82) is 0 Å². The molecular weight excluding hydrogens is 208 g/mol. The molecule has 17 heavy (non-hydrogen) atoms. The molecule has 0 saturated carbocycles. The SMILES string of the molecule is CC1=CCCN(CCC(C)C2CCCNC2)C1. The van der Waals surface area contributed by atoms with E-state index in [2.05, 4.69) is 30.1 Å². The molecule has 2 unspecified atom stereocenters. The van der Waals surface area contributed by atoms with Gasteiger partial charge < -0.3 is 5.32 Å². The van der Waals surface area contributed by atoms with Gasteiger partial charge in [-0.3, -0.25) is 4.90 Å². The third-order valence-electron chi connectivity index (χ3n) is 4.45. The standard InChI is InChI=1S/C15H28N2/c1-13-5-4-9-17(12-13)10-7-14(2)15-6-3-8-16-11-15/h5,14-16H,3-4,6-12H2,1-2H3. The first kappa shape index (κ1) is 13.1. The first-order chi connectivity index (χ1) is 8.25. The van der Waals surface area contributed by atoms with Crippen LogP contribution in [0, 0.1) is 11.8 Å². The molecule has 0 radical (unpaired) electrons. The van der Waals surface area contributed by atoms with Crippen LogP contribution in [-0.2, 0) is 0 Å². The quantitative estimate of drug-likeness (QED) is 0.755. The lowest BCUT2D eigenvalue weighted by molar-refractivity contribution is 0.218. The number of hydrogen-bond acceptors (Lipinski definition) is 2. The molecule has 0 aromatic heterocycles. The van der Waals surface area contributed by atoms with Gasteiger partial charge in [0.2, 0.25) is 0 Å². The summed E-state index contributed by atoms with van der Waals surface area (Å²) in [6.07, 6.45) is 7.84. The molecule has 2 heteroatoms. The van der Waals surface area contributed by atoms with Crippen LogP contribution in [0.5, 0.6) is 0 Å². The second-order valence-corrected chi connectivity index (χ2v) is 5.99. The van der Waals surface area contributed by atoms with E-state index in [-0.39, 0.29) is 0 Å². The normalized spacial score (nSPS) is 28.8. The van der Waals surface area contributed by atoms with E-state index in [4.69, 9.17) is 0 Å². The summed E-state index contributed by atoms with van der Waals surface area (Å²) < 4.78 is 0. The Bertz CT molecular complexity index is 254. The Morgan fingerprint density at radius 3 is 3.12 bits per heavy atom. The summed E-state index contributed by atoms with van der Waals surface area (Å²) in [4.78, 5) is 2.63. The summed E-state index contributed by atoms with van der Waals surface area (Å²) in [5.41, 5.74) is 1.56. The summed E-state index contributed by atoms with van der Waals surface area (Å²) in [6.45, 7) is 11.0. The molecule has 2 aliphatic heterocycles. The topological polar surface area (TPSA) is 15.3 Å². The van der Waals surface area contributed by atoms with Gasteiger partial charge in [-0.1, -0.05) is 18.6 Å². The van der Waals surface area contributed by atoms with Crippen LogP contribution < -0.4 is 5.32 Å². The van der Waals surface area contributed by atoms with Crippen molar-refractivity contribution in [2.24, 2.45) is 11.8 Å². The predicted molar refractivity (Wildman–Crippen MR) is 74.2 cm³/mol. The Balaban J connectivity index is 1.68. The van der Waals surface area contributed by atoms with Gasteiger partial charge in [-0.2, -0.15) is 0 Å². The summed E-state index contributed by atoms with van der Waals surface area (Å²) in [5, 5.41) is 3.54. The maximum absolute atomic E-state index is 3.54. The van der Waals surface area contributed by atoms with E-state index >= 15 is 0 Å². The van der Waals surface area contributed by atoms with E-state index in [1.54, 1.807) is 5.57 Å². The lowest BCUT2D eigenvalue weighted by atomic mass is 9.85. The molecule has 98 valence electrons. The average molecular weight is 236 g/mol. The number of nitrogens with one attached hydrogen (secondary N) is 1. The minimum absolute atomic E-state index is 0.883. The van der Waals surface area contributed by atoms with Gasteiger partial charge in [0.25, 0.3) is 0 Å². The van der Waals surface area contributed by atoms with Crippen LogP contribution in [0.2, 0.25) is 0 Å². The molecule has 0 aromatic carbocycles. The molecule has 2 atom stereocenters. The predicted octanol–water partition coefficient (Wildman–Crippen LogP) is 2.66. The fourth-order valence-corrected chi connectivity index (χ4v) is 3.17. The minimum atomic E-state index is 0.883. The van der Waals surface area contributed by atoms with Crippen molar-refractivity contribution in [2.75, 3.05) is 32.7 Å². The molecule has 0 amide bonds. The average Bonchev–Trinajstić information content (AvgIpc) is 2.37. The largest absolute Gasteiger partial charge is 0.316 e. The number of piperidine rings is 1. The van der Waals surface area contributed by atoms with Crippen LogP contribution in [0.15, 0.2) is 11.6 Å². The minimum Gasteiger partial charge on any atom is -0.316 e. The van der Waals surface area contributed by atoms with E-state index in [0.717, 1.165) is 11.8 Å². The van der Waals surface area contributed by atoms with Crippen molar-refractivity contribution < 1.29 is 0 Å². The monoisotopic (exact) mass is 236 g/mol. The van der Waals surface area contributed by atoms with E-state index in [9.17, 15) is 0 Å². The first-order valence-electron chi connectivity index (χ1n) is 7.34. The number of hydrogen-bond donors (Lipinski definition) is 1. The Labute approximate surface area is 106 Å². The maximum atomic E-state index is 3.54. The fourth-order valence-electron chi connectivity index (χ4n) is 3.17. The Morgan fingerprint density at radius 2 is 2.41 bits per heavy atom. The zero-order valence-electron chi connectivity index (χ0n) is 11.5. The van der Waals surface area contributed by atoms with Crippen LogP contribution in [-0.4, -0.2) is 37.6 Å². The van der Waals surface area contributed by atoms with Crippen molar-refractivity contribution in [3.8, 4) is 0 Å². The lowest BCUT2D eigenvalue weighted by Crippen LogP contribution is -2.36.